The van der Waals surface area contributed by atoms with Gasteiger partial charge in [0.25, 0.3) is 0 Å². The van der Waals surface area contributed by atoms with Crippen molar-refractivity contribution in [3.05, 3.63) is 0 Å². The van der Waals surface area contributed by atoms with Crippen molar-refractivity contribution < 1.29 is 0 Å². The highest BCUT2D eigenvalue weighted by Gasteiger charge is 2.43. The first-order chi connectivity index (χ1) is 9.15. The van der Waals surface area contributed by atoms with Crippen LogP contribution >= 0.6 is 0 Å². The highest BCUT2D eigenvalue weighted by Crippen LogP contribution is 2.41. The molecule has 1 saturated heterocycles. The van der Waals surface area contributed by atoms with E-state index in [-0.39, 0.29) is 0 Å². The maximum absolute atomic E-state index is 6.19. The Morgan fingerprint density at radius 3 is 2.37 bits per heavy atom. The van der Waals surface area contributed by atoms with Gasteiger partial charge in [-0.15, -0.1) is 0 Å². The van der Waals surface area contributed by atoms with E-state index in [1.807, 2.05) is 0 Å². The molecular formula is C16H33N3. The highest BCUT2D eigenvalue weighted by atomic mass is 15.2. The molecule has 3 nitrogen and oxygen atoms in total. The lowest BCUT2D eigenvalue weighted by atomic mass is 9.89. The van der Waals surface area contributed by atoms with E-state index < -0.39 is 0 Å². The summed E-state index contributed by atoms with van der Waals surface area (Å²) in [5, 5.41) is 0. The van der Waals surface area contributed by atoms with E-state index >= 15 is 0 Å². The molecule has 1 aliphatic carbocycles. The Labute approximate surface area is 119 Å². The minimum absolute atomic E-state index is 0.305. The Morgan fingerprint density at radius 1 is 1.21 bits per heavy atom. The van der Waals surface area contributed by atoms with Crippen molar-refractivity contribution >= 4 is 0 Å². The zero-order chi connectivity index (χ0) is 13.9. The van der Waals surface area contributed by atoms with Crippen LogP contribution in [0.3, 0.4) is 0 Å². The van der Waals surface area contributed by atoms with Crippen LogP contribution in [0, 0.1) is 5.92 Å². The third-order valence-electron chi connectivity index (χ3n) is 5.94. The van der Waals surface area contributed by atoms with Crippen molar-refractivity contribution in [1.29, 1.82) is 0 Å². The van der Waals surface area contributed by atoms with E-state index in [0.717, 1.165) is 18.5 Å². The summed E-state index contributed by atoms with van der Waals surface area (Å²) in [5.41, 5.74) is 6.50. The van der Waals surface area contributed by atoms with Gasteiger partial charge in [-0.2, -0.15) is 0 Å². The number of nitrogens with two attached hydrogens (primary N) is 1. The second-order valence-electron chi connectivity index (χ2n) is 6.72. The van der Waals surface area contributed by atoms with E-state index in [9.17, 15) is 0 Å². The molecule has 19 heavy (non-hydrogen) atoms. The van der Waals surface area contributed by atoms with Crippen LogP contribution in [0.2, 0.25) is 0 Å². The summed E-state index contributed by atoms with van der Waals surface area (Å²) in [5.74, 6) is 0.904. The average Bonchev–Trinajstić information content (AvgIpc) is 2.91. The fourth-order valence-electron chi connectivity index (χ4n) is 4.22. The lowest BCUT2D eigenvalue weighted by Crippen LogP contribution is -2.56. The maximum atomic E-state index is 6.19. The minimum atomic E-state index is 0.305. The summed E-state index contributed by atoms with van der Waals surface area (Å²) < 4.78 is 0. The van der Waals surface area contributed by atoms with Gasteiger partial charge in [-0.25, -0.2) is 0 Å². The van der Waals surface area contributed by atoms with Gasteiger partial charge in [0, 0.05) is 18.1 Å². The van der Waals surface area contributed by atoms with Crippen LogP contribution in [0.1, 0.15) is 52.4 Å². The third-order valence-corrected chi connectivity index (χ3v) is 5.94. The number of likely N-dealkylation sites (tertiary alicyclic amines) is 1. The molecule has 0 amide bonds. The van der Waals surface area contributed by atoms with Crippen LogP contribution in [0.4, 0.5) is 0 Å². The van der Waals surface area contributed by atoms with E-state index in [4.69, 9.17) is 5.73 Å². The molecule has 0 radical (unpaired) electrons. The Bertz CT molecular complexity index is 273. The SMILES string of the molecule is CCC1CCC(CN)(N(C)C2CCN(CC)CC2)C1. The third kappa shape index (κ3) is 3.14. The molecule has 2 N–H and O–H groups in total. The molecule has 0 spiro atoms. The average molecular weight is 267 g/mol. The molecule has 1 aliphatic heterocycles. The number of hydrogen-bond acceptors (Lipinski definition) is 3. The van der Waals surface area contributed by atoms with Gasteiger partial charge in [0.15, 0.2) is 0 Å². The van der Waals surface area contributed by atoms with Crippen LogP contribution in [0.25, 0.3) is 0 Å². The van der Waals surface area contributed by atoms with Crippen LogP contribution in [0.15, 0.2) is 0 Å². The van der Waals surface area contributed by atoms with Crippen molar-refractivity contribution in [3.8, 4) is 0 Å². The molecule has 2 aliphatic rings. The van der Waals surface area contributed by atoms with Crippen molar-refractivity contribution in [2.24, 2.45) is 11.7 Å². The monoisotopic (exact) mass is 267 g/mol. The minimum Gasteiger partial charge on any atom is -0.329 e. The predicted octanol–water partition coefficient (Wildman–Crippen LogP) is 2.31. The van der Waals surface area contributed by atoms with E-state index in [0.29, 0.717) is 5.54 Å². The second kappa shape index (κ2) is 6.55. The molecule has 112 valence electrons. The van der Waals surface area contributed by atoms with Crippen LogP contribution in [-0.2, 0) is 0 Å². The van der Waals surface area contributed by atoms with Gasteiger partial charge in [-0.05, 0) is 64.7 Å². The van der Waals surface area contributed by atoms with Crippen molar-refractivity contribution in [1.82, 2.24) is 9.80 Å². The van der Waals surface area contributed by atoms with Gasteiger partial charge in [0.05, 0.1) is 0 Å². The van der Waals surface area contributed by atoms with E-state index in [2.05, 4.69) is 30.7 Å². The normalized spacial score (nSPS) is 34.3. The van der Waals surface area contributed by atoms with Crippen molar-refractivity contribution in [2.75, 3.05) is 33.2 Å². The Kier molecular flexibility index (Phi) is 5.27. The molecule has 2 unspecified atom stereocenters. The quantitative estimate of drug-likeness (QED) is 0.829. The Hall–Kier alpha value is -0.120. The number of nitrogens with zero attached hydrogens (tertiary/aromatic N) is 2. The summed E-state index contributed by atoms with van der Waals surface area (Å²) in [6.45, 7) is 9.18. The summed E-state index contributed by atoms with van der Waals surface area (Å²) in [4.78, 5) is 5.25. The second-order valence-corrected chi connectivity index (χ2v) is 6.72. The molecule has 2 fully saturated rings. The molecule has 2 rings (SSSR count). The lowest BCUT2D eigenvalue weighted by molar-refractivity contribution is 0.0405. The fourth-order valence-corrected chi connectivity index (χ4v) is 4.22. The highest BCUT2D eigenvalue weighted by molar-refractivity contribution is 5.00. The first-order valence-electron chi connectivity index (χ1n) is 8.30. The van der Waals surface area contributed by atoms with Gasteiger partial charge < -0.3 is 10.6 Å². The summed E-state index contributed by atoms with van der Waals surface area (Å²) in [7, 11) is 2.34. The number of likely N-dealkylation sites (N-methyl/N-ethyl adjacent to an activating group) is 1. The van der Waals surface area contributed by atoms with Crippen LogP contribution in [-0.4, -0.2) is 54.6 Å². The van der Waals surface area contributed by atoms with Crippen LogP contribution in [0.5, 0.6) is 0 Å². The largest absolute Gasteiger partial charge is 0.329 e. The molecule has 2 atom stereocenters. The number of piperidine rings is 1. The van der Waals surface area contributed by atoms with Gasteiger partial charge in [0.1, 0.15) is 0 Å². The summed E-state index contributed by atoms with van der Waals surface area (Å²) in [6.07, 6.45) is 7.98. The summed E-state index contributed by atoms with van der Waals surface area (Å²) >= 11 is 0. The predicted molar refractivity (Wildman–Crippen MR) is 82.3 cm³/mol. The molecule has 0 aromatic rings. The Balaban J connectivity index is 1.96. The standard InChI is InChI=1S/C16H33N3/c1-4-14-6-9-16(12-14,13-17)18(3)15-7-10-19(5-2)11-8-15/h14-15H,4-13,17H2,1-3H3. The van der Waals surface area contributed by atoms with E-state index in [1.54, 1.807) is 0 Å². The fraction of sp³-hybridized carbons (Fsp3) is 1.00. The molecule has 0 aromatic carbocycles. The topological polar surface area (TPSA) is 32.5 Å². The Morgan fingerprint density at radius 2 is 1.89 bits per heavy atom. The summed E-state index contributed by atoms with van der Waals surface area (Å²) in [6, 6.07) is 0.752. The van der Waals surface area contributed by atoms with Gasteiger partial charge in [-0.1, -0.05) is 20.3 Å². The van der Waals surface area contributed by atoms with Crippen LogP contribution < -0.4 is 5.73 Å². The molecular weight excluding hydrogens is 234 g/mol. The molecule has 0 aromatic heterocycles. The molecule has 1 saturated carbocycles. The molecule has 0 bridgehead atoms. The van der Waals surface area contributed by atoms with Gasteiger partial charge in [-0.3, -0.25) is 4.90 Å². The lowest BCUT2D eigenvalue weighted by Gasteiger charge is -2.46. The zero-order valence-corrected chi connectivity index (χ0v) is 13.2. The van der Waals surface area contributed by atoms with Gasteiger partial charge in [0.2, 0.25) is 0 Å². The smallest absolute Gasteiger partial charge is 0.0334 e. The van der Waals surface area contributed by atoms with Gasteiger partial charge >= 0.3 is 0 Å². The maximum Gasteiger partial charge on any atom is 0.0334 e. The van der Waals surface area contributed by atoms with E-state index in [1.165, 1.54) is 58.2 Å². The van der Waals surface area contributed by atoms with Crippen molar-refractivity contribution in [2.45, 2.75) is 64.0 Å². The number of hydrogen-bond donors (Lipinski definition) is 1. The first-order valence-corrected chi connectivity index (χ1v) is 8.30. The first kappa shape index (κ1) is 15.3. The number of rotatable bonds is 5. The zero-order valence-electron chi connectivity index (χ0n) is 13.2. The molecule has 3 heteroatoms. The van der Waals surface area contributed by atoms with Crippen molar-refractivity contribution in [3.63, 3.8) is 0 Å². The molecule has 1 heterocycles.